The van der Waals surface area contributed by atoms with Gasteiger partial charge in [0.1, 0.15) is 11.5 Å². The van der Waals surface area contributed by atoms with Crippen molar-refractivity contribution in [3.05, 3.63) is 70.0 Å². The largest absolute Gasteiger partial charge is 0.501 e. The van der Waals surface area contributed by atoms with Crippen LogP contribution in [-0.4, -0.2) is 52.5 Å². The van der Waals surface area contributed by atoms with Gasteiger partial charge < -0.3 is 20.6 Å². The van der Waals surface area contributed by atoms with Crippen LogP contribution in [0.2, 0.25) is 0 Å². The molecule has 9 heteroatoms. The lowest BCUT2D eigenvalue weighted by molar-refractivity contribution is 0.0942. The van der Waals surface area contributed by atoms with Crippen molar-refractivity contribution >= 4 is 17.2 Å². The number of anilines is 1. The highest BCUT2D eigenvalue weighted by molar-refractivity contribution is 5.95. The first-order chi connectivity index (χ1) is 13.8. The van der Waals surface area contributed by atoms with Crippen molar-refractivity contribution in [2.24, 2.45) is 0 Å². The van der Waals surface area contributed by atoms with E-state index in [9.17, 15) is 19.1 Å². The van der Waals surface area contributed by atoms with E-state index in [1.54, 1.807) is 12.1 Å². The third-order valence-electron chi connectivity index (χ3n) is 4.27. The Balaban J connectivity index is 1.79. The first-order valence-corrected chi connectivity index (χ1v) is 9.02. The smallest absolute Gasteiger partial charge is 0.300 e. The van der Waals surface area contributed by atoms with Crippen LogP contribution in [0.3, 0.4) is 0 Å². The molecule has 3 N–H and O–H groups in total. The molecule has 3 rings (SSSR count). The van der Waals surface area contributed by atoms with Crippen molar-refractivity contribution in [1.82, 2.24) is 19.6 Å². The normalized spacial score (nSPS) is 11.0. The number of aromatic hydroxyl groups is 1. The molecule has 0 unspecified atom stereocenters. The van der Waals surface area contributed by atoms with Gasteiger partial charge in [-0.15, -0.1) is 0 Å². The number of carbonyl (C=O) groups excluding carboxylic acids is 1. The number of likely N-dealkylation sites (N-methyl/N-ethyl adjacent to an activating group) is 1. The summed E-state index contributed by atoms with van der Waals surface area (Å²) in [5, 5.41) is 16.0. The quantitative estimate of drug-likeness (QED) is 0.556. The van der Waals surface area contributed by atoms with E-state index in [2.05, 4.69) is 15.6 Å². The number of hydrogen-bond donors (Lipinski definition) is 3. The second-order valence-corrected chi connectivity index (χ2v) is 6.80. The van der Waals surface area contributed by atoms with Crippen LogP contribution >= 0.6 is 0 Å². The van der Waals surface area contributed by atoms with Gasteiger partial charge in [-0.3, -0.25) is 14.0 Å². The van der Waals surface area contributed by atoms with Crippen molar-refractivity contribution in [3.63, 3.8) is 0 Å². The lowest BCUT2D eigenvalue weighted by Crippen LogP contribution is -2.27. The molecule has 29 heavy (non-hydrogen) atoms. The molecule has 1 amide bonds. The van der Waals surface area contributed by atoms with Crippen LogP contribution in [0.15, 0.2) is 47.4 Å². The van der Waals surface area contributed by atoms with Gasteiger partial charge >= 0.3 is 5.56 Å². The van der Waals surface area contributed by atoms with Gasteiger partial charge in [0.25, 0.3) is 5.91 Å². The van der Waals surface area contributed by atoms with Crippen LogP contribution < -0.4 is 16.2 Å². The van der Waals surface area contributed by atoms with Crippen molar-refractivity contribution in [2.75, 3.05) is 32.5 Å². The zero-order valence-corrected chi connectivity index (χ0v) is 16.1. The summed E-state index contributed by atoms with van der Waals surface area (Å²) in [6, 6.07) is 8.96. The number of nitrogens with one attached hydrogen (secondary N) is 2. The molecule has 0 saturated carbocycles. The Bertz CT molecular complexity index is 1080. The fourth-order valence-electron chi connectivity index (χ4n) is 2.68. The maximum Gasteiger partial charge on any atom is 0.300 e. The zero-order chi connectivity index (χ0) is 21.0. The van der Waals surface area contributed by atoms with Crippen LogP contribution in [0.4, 0.5) is 10.1 Å². The van der Waals surface area contributed by atoms with Gasteiger partial charge in [-0.2, -0.15) is 0 Å². The number of halogens is 1. The van der Waals surface area contributed by atoms with Gasteiger partial charge in [0.2, 0.25) is 5.75 Å². The number of nitrogens with zero attached hydrogens (tertiary/aromatic N) is 3. The Morgan fingerprint density at radius 1 is 1.21 bits per heavy atom. The van der Waals surface area contributed by atoms with E-state index in [1.807, 2.05) is 19.0 Å². The fourth-order valence-corrected chi connectivity index (χ4v) is 2.68. The van der Waals surface area contributed by atoms with E-state index >= 15 is 0 Å². The van der Waals surface area contributed by atoms with Crippen LogP contribution in [0.25, 0.3) is 5.65 Å². The fraction of sp³-hybridized carbons (Fsp3) is 0.250. The summed E-state index contributed by atoms with van der Waals surface area (Å²) < 4.78 is 14.1. The van der Waals surface area contributed by atoms with Gasteiger partial charge in [-0.25, -0.2) is 9.37 Å². The first kappa shape index (κ1) is 20.3. The summed E-state index contributed by atoms with van der Waals surface area (Å²) in [6.07, 6.45) is 1.53. The third-order valence-corrected chi connectivity index (χ3v) is 4.27. The van der Waals surface area contributed by atoms with Crippen molar-refractivity contribution < 1.29 is 14.3 Å². The zero-order valence-electron chi connectivity index (χ0n) is 16.1. The van der Waals surface area contributed by atoms with Crippen molar-refractivity contribution in [2.45, 2.75) is 6.54 Å². The standard InChI is InChI=1S/C20H22FN5O3/c1-25(2)10-9-22-15-7-8-16-24-17(18(27)20(29)26(16)12-15)19(28)23-11-13-3-5-14(21)6-4-13/h3-8,12,22,27H,9-11H2,1-2H3,(H,23,28). The van der Waals surface area contributed by atoms with Crippen molar-refractivity contribution in [3.8, 4) is 5.75 Å². The molecule has 0 aliphatic rings. The molecule has 1 aromatic carbocycles. The van der Waals surface area contributed by atoms with Gasteiger partial charge in [-0.1, -0.05) is 12.1 Å². The molecule has 2 heterocycles. The number of amides is 1. The predicted molar refractivity (Wildman–Crippen MR) is 108 cm³/mol. The number of carbonyl (C=O) groups is 1. The highest BCUT2D eigenvalue weighted by atomic mass is 19.1. The van der Waals surface area contributed by atoms with Gasteiger partial charge in [0.05, 0.1) is 5.69 Å². The van der Waals surface area contributed by atoms with E-state index in [0.717, 1.165) is 6.54 Å². The summed E-state index contributed by atoms with van der Waals surface area (Å²) >= 11 is 0. The van der Waals surface area contributed by atoms with E-state index in [-0.39, 0.29) is 23.7 Å². The number of rotatable bonds is 7. The predicted octanol–water partition coefficient (Wildman–Crippen LogP) is 1.44. The molecular formula is C20H22FN5O3. The number of hydrogen-bond acceptors (Lipinski definition) is 6. The summed E-state index contributed by atoms with van der Waals surface area (Å²) in [5.74, 6) is -1.80. The highest BCUT2D eigenvalue weighted by Crippen LogP contribution is 2.14. The van der Waals surface area contributed by atoms with Gasteiger partial charge in [0.15, 0.2) is 5.69 Å². The number of pyridine rings is 1. The van der Waals surface area contributed by atoms with Crippen LogP contribution in [0, 0.1) is 5.82 Å². The number of aromatic nitrogens is 2. The Kier molecular flexibility index (Phi) is 6.08. The SMILES string of the molecule is CN(C)CCNc1ccc2nc(C(=O)NCc3ccc(F)cc3)c(O)c(=O)n2c1. The molecule has 2 aromatic heterocycles. The van der Waals surface area contributed by atoms with Crippen LogP contribution in [-0.2, 0) is 6.54 Å². The molecule has 3 aromatic rings. The van der Waals surface area contributed by atoms with Crippen LogP contribution in [0.1, 0.15) is 16.1 Å². The minimum atomic E-state index is -0.738. The molecule has 0 atom stereocenters. The average molecular weight is 399 g/mol. The Labute approximate surface area is 166 Å². The van der Waals surface area contributed by atoms with E-state index in [4.69, 9.17) is 0 Å². The van der Waals surface area contributed by atoms with E-state index in [0.29, 0.717) is 17.8 Å². The maximum absolute atomic E-state index is 13.0. The maximum atomic E-state index is 13.0. The molecule has 0 aliphatic carbocycles. The summed E-state index contributed by atoms with van der Waals surface area (Å²) in [4.78, 5) is 31.1. The van der Waals surface area contributed by atoms with E-state index in [1.165, 1.54) is 34.9 Å². The number of benzene rings is 1. The molecule has 152 valence electrons. The second kappa shape index (κ2) is 8.70. The molecular weight excluding hydrogens is 377 g/mol. The summed E-state index contributed by atoms with van der Waals surface area (Å²) in [7, 11) is 3.91. The second-order valence-electron chi connectivity index (χ2n) is 6.80. The molecule has 0 radical (unpaired) electrons. The lowest BCUT2D eigenvalue weighted by atomic mass is 10.2. The minimum absolute atomic E-state index is 0.105. The lowest BCUT2D eigenvalue weighted by Gasteiger charge is -2.12. The Morgan fingerprint density at radius 3 is 2.62 bits per heavy atom. The van der Waals surface area contributed by atoms with Crippen LogP contribution in [0.5, 0.6) is 5.75 Å². The van der Waals surface area contributed by atoms with E-state index < -0.39 is 17.2 Å². The topological polar surface area (TPSA) is 99.0 Å². The third kappa shape index (κ3) is 4.88. The molecule has 0 aliphatic heterocycles. The van der Waals surface area contributed by atoms with Gasteiger partial charge in [-0.05, 0) is 43.9 Å². The molecule has 0 fully saturated rings. The molecule has 0 saturated heterocycles. The summed E-state index contributed by atoms with van der Waals surface area (Å²) in [5.41, 5.74) is 0.503. The molecule has 8 nitrogen and oxygen atoms in total. The highest BCUT2D eigenvalue weighted by Gasteiger charge is 2.18. The monoisotopic (exact) mass is 399 g/mol. The molecule has 0 spiro atoms. The minimum Gasteiger partial charge on any atom is -0.501 e. The van der Waals surface area contributed by atoms with Gasteiger partial charge in [0, 0.05) is 25.8 Å². The molecule has 0 bridgehead atoms. The number of fused-ring (bicyclic) bond motifs is 1. The summed E-state index contributed by atoms with van der Waals surface area (Å²) in [6.45, 7) is 1.59. The van der Waals surface area contributed by atoms with Crippen molar-refractivity contribution in [1.29, 1.82) is 0 Å². The first-order valence-electron chi connectivity index (χ1n) is 9.02. The Morgan fingerprint density at radius 2 is 1.93 bits per heavy atom. The average Bonchev–Trinajstić information content (AvgIpc) is 2.70. The Hall–Kier alpha value is -3.46.